The van der Waals surface area contributed by atoms with Crippen molar-refractivity contribution in [2.24, 2.45) is 5.73 Å². The number of hydrogen-bond donors (Lipinski definition) is 2. The van der Waals surface area contributed by atoms with Crippen LogP contribution in [0.15, 0.2) is 6.58 Å². The van der Waals surface area contributed by atoms with Crippen LogP contribution in [-0.4, -0.2) is 27.2 Å². The standard InChI is InChI=1S/C5H9N5/c1-4(2-3-6)5-7-9-10-8-5/h1-3,6H2,(H,7,8,9,10). The molecule has 0 aromatic carbocycles. The van der Waals surface area contributed by atoms with Gasteiger partial charge in [0.2, 0.25) is 0 Å². The molecule has 54 valence electrons. The van der Waals surface area contributed by atoms with E-state index in [1.807, 2.05) is 0 Å². The Morgan fingerprint density at radius 2 is 2.50 bits per heavy atom. The molecule has 0 aliphatic rings. The minimum absolute atomic E-state index is 0.547. The van der Waals surface area contributed by atoms with Gasteiger partial charge in [0, 0.05) is 0 Å². The average molecular weight is 139 g/mol. The lowest BCUT2D eigenvalue weighted by Crippen LogP contribution is -2.00. The molecule has 0 fully saturated rings. The fourth-order valence-corrected chi connectivity index (χ4v) is 0.598. The zero-order chi connectivity index (χ0) is 7.40. The number of tetrazole rings is 1. The molecule has 1 aromatic rings. The molecule has 1 aromatic heterocycles. The van der Waals surface area contributed by atoms with Gasteiger partial charge >= 0.3 is 0 Å². The molecule has 0 atom stereocenters. The van der Waals surface area contributed by atoms with Crippen molar-refractivity contribution in [3.63, 3.8) is 0 Å². The van der Waals surface area contributed by atoms with Crippen LogP contribution in [-0.2, 0) is 0 Å². The van der Waals surface area contributed by atoms with Gasteiger partial charge in [0.05, 0.1) is 0 Å². The van der Waals surface area contributed by atoms with Crippen molar-refractivity contribution < 1.29 is 0 Å². The van der Waals surface area contributed by atoms with Crippen LogP contribution in [0.5, 0.6) is 0 Å². The number of nitrogens with zero attached hydrogens (tertiary/aromatic N) is 3. The molecule has 0 spiro atoms. The van der Waals surface area contributed by atoms with Crippen molar-refractivity contribution in [3.8, 4) is 0 Å². The second-order valence-corrected chi connectivity index (χ2v) is 1.88. The first-order valence-electron chi connectivity index (χ1n) is 2.96. The molecular weight excluding hydrogens is 130 g/mol. The number of nitrogens with one attached hydrogen (secondary N) is 1. The summed E-state index contributed by atoms with van der Waals surface area (Å²) < 4.78 is 0. The van der Waals surface area contributed by atoms with Crippen molar-refractivity contribution in [2.45, 2.75) is 6.42 Å². The molecule has 3 N–H and O–H groups in total. The Morgan fingerprint density at radius 3 is 3.00 bits per heavy atom. The number of aromatic amines is 1. The number of H-pyrrole nitrogens is 1. The van der Waals surface area contributed by atoms with Crippen molar-refractivity contribution in [3.05, 3.63) is 12.4 Å². The molecule has 0 saturated carbocycles. The summed E-state index contributed by atoms with van der Waals surface area (Å²) in [5, 5.41) is 13.2. The molecular formula is C5H9N5. The molecule has 0 unspecified atom stereocenters. The second kappa shape index (κ2) is 3.07. The number of hydrogen-bond acceptors (Lipinski definition) is 4. The average Bonchev–Trinajstić information content (AvgIpc) is 2.38. The summed E-state index contributed by atoms with van der Waals surface area (Å²) in [7, 11) is 0. The summed E-state index contributed by atoms with van der Waals surface area (Å²) in [6.45, 7) is 4.28. The maximum Gasteiger partial charge on any atom is 0.200 e. The molecule has 1 heterocycles. The van der Waals surface area contributed by atoms with Crippen molar-refractivity contribution in [2.75, 3.05) is 6.54 Å². The van der Waals surface area contributed by atoms with Crippen LogP contribution in [0.25, 0.3) is 5.57 Å². The van der Waals surface area contributed by atoms with Crippen molar-refractivity contribution >= 4 is 5.57 Å². The third-order valence-electron chi connectivity index (χ3n) is 1.11. The van der Waals surface area contributed by atoms with Gasteiger partial charge in [0.1, 0.15) is 0 Å². The van der Waals surface area contributed by atoms with E-state index in [0.29, 0.717) is 18.8 Å². The molecule has 1 rings (SSSR count). The van der Waals surface area contributed by atoms with E-state index in [0.717, 1.165) is 5.57 Å². The van der Waals surface area contributed by atoms with E-state index in [9.17, 15) is 0 Å². The zero-order valence-corrected chi connectivity index (χ0v) is 5.54. The van der Waals surface area contributed by atoms with Crippen LogP contribution in [0.4, 0.5) is 0 Å². The third-order valence-corrected chi connectivity index (χ3v) is 1.11. The van der Waals surface area contributed by atoms with Gasteiger partial charge in [-0.2, -0.15) is 5.21 Å². The van der Waals surface area contributed by atoms with Gasteiger partial charge in [0.25, 0.3) is 0 Å². The smallest absolute Gasteiger partial charge is 0.200 e. The van der Waals surface area contributed by atoms with E-state index < -0.39 is 0 Å². The Labute approximate surface area is 58.3 Å². The Kier molecular flexibility index (Phi) is 2.11. The van der Waals surface area contributed by atoms with Crippen LogP contribution < -0.4 is 5.73 Å². The van der Waals surface area contributed by atoms with E-state index >= 15 is 0 Å². The molecule has 10 heavy (non-hydrogen) atoms. The minimum atomic E-state index is 0.547. The first-order chi connectivity index (χ1) is 4.84. The van der Waals surface area contributed by atoms with Crippen LogP contribution in [0.1, 0.15) is 12.2 Å². The highest BCUT2D eigenvalue weighted by Gasteiger charge is 2.00. The molecule has 0 amide bonds. The maximum atomic E-state index is 5.29. The lowest BCUT2D eigenvalue weighted by molar-refractivity contribution is 0.881. The summed E-state index contributed by atoms with van der Waals surface area (Å²) in [5.74, 6) is 0.547. The van der Waals surface area contributed by atoms with E-state index in [1.165, 1.54) is 0 Å². The predicted octanol–water partition coefficient (Wildman–Crippen LogP) is -0.438. The Hall–Kier alpha value is -1.23. The molecule has 0 saturated heterocycles. The first-order valence-corrected chi connectivity index (χ1v) is 2.96. The summed E-state index contributed by atoms with van der Waals surface area (Å²) in [5.41, 5.74) is 6.10. The summed E-state index contributed by atoms with van der Waals surface area (Å²) >= 11 is 0. The lowest BCUT2D eigenvalue weighted by atomic mass is 10.2. The Bertz CT molecular complexity index is 202. The second-order valence-electron chi connectivity index (χ2n) is 1.88. The topological polar surface area (TPSA) is 80.5 Å². The normalized spacial score (nSPS) is 9.70. The molecule has 0 aliphatic carbocycles. The Morgan fingerprint density at radius 1 is 1.70 bits per heavy atom. The van der Waals surface area contributed by atoms with Crippen LogP contribution in [0.3, 0.4) is 0 Å². The summed E-state index contributed by atoms with van der Waals surface area (Å²) in [6.07, 6.45) is 0.708. The third kappa shape index (κ3) is 1.38. The molecule has 0 aliphatic heterocycles. The molecule has 5 nitrogen and oxygen atoms in total. The zero-order valence-electron chi connectivity index (χ0n) is 5.54. The van der Waals surface area contributed by atoms with Gasteiger partial charge in [-0.05, 0) is 23.8 Å². The highest BCUT2D eigenvalue weighted by molar-refractivity contribution is 5.55. The number of nitrogens with two attached hydrogens (primary N) is 1. The van der Waals surface area contributed by atoms with Gasteiger partial charge in [0.15, 0.2) is 5.82 Å². The van der Waals surface area contributed by atoms with Crippen LogP contribution in [0.2, 0.25) is 0 Å². The van der Waals surface area contributed by atoms with E-state index in [4.69, 9.17) is 5.73 Å². The van der Waals surface area contributed by atoms with E-state index in [-0.39, 0.29) is 0 Å². The quantitative estimate of drug-likeness (QED) is 0.595. The highest BCUT2D eigenvalue weighted by Crippen LogP contribution is 2.06. The minimum Gasteiger partial charge on any atom is -0.330 e. The van der Waals surface area contributed by atoms with Gasteiger partial charge in [-0.1, -0.05) is 6.58 Å². The van der Waals surface area contributed by atoms with Gasteiger partial charge < -0.3 is 5.73 Å². The molecule has 5 heteroatoms. The van der Waals surface area contributed by atoms with Crippen molar-refractivity contribution in [1.82, 2.24) is 20.6 Å². The van der Waals surface area contributed by atoms with Gasteiger partial charge in [-0.3, -0.25) is 0 Å². The van der Waals surface area contributed by atoms with Crippen molar-refractivity contribution in [1.29, 1.82) is 0 Å². The molecule has 0 bridgehead atoms. The van der Waals surface area contributed by atoms with Crippen LogP contribution in [0, 0.1) is 0 Å². The number of rotatable bonds is 3. The fourth-order valence-electron chi connectivity index (χ4n) is 0.598. The molecule has 0 radical (unpaired) electrons. The number of aromatic nitrogens is 4. The maximum absolute atomic E-state index is 5.29. The largest absolute Gasteiger partial charge is 0.330 e. The fraction of sp³-hybridized carbons (Fsp3) is 0.400. The SMILES string of the molecule is C=C(CCN)c1nn[nH]n1. The van der Waals surface area contributed by atoms with Crippen LogP contribution >= 0.6 is 0 Å². The summed E-state index contributed by atoms with van der Waals surface area (Å²) in [4.78, 5) is 0. The predicted molar refractivity (Wildman–Crippen MR) is 36.9 cm³/mol. The van der Waals surface area contributed by atoms with E-state index in [2.05, 4.69) is 27.2 Å². The van der Waals surface area contributed by atoms with E-state index in [1.54, 1.807) is 0 Å². The van der Waals surface area contributed by atoms with Gasteiger partial charge in [-0.25, -0.2) is 0 Å². The first kappa shape index (κ1) is 6.88. The monoisotopic (exact) mass is 139 g/mol. The lowest BCUT2D eigenvalue weighted by Gasteiger charge is -1.93. The van der Waals surface area contributed by atoms with Gasteiger partial charge in [-0.15, -0.1) is 10.2 Å². The Balaban J connectivity index is 2.59. The summed E-state index contributed by atoms with van der Waals surface area (Å²) in [6, 6.07) is 0. The highest BCUT2D eigenvalue weighted by atomic mass is 15.5.